The first-order valence-electron chi connectivity index (χ1n) is 8.01. The highest BCUT2D eigenvalue weighted by atomic mass is 16.6. The van der Waals surface area contributed by atoms with Gasteiger partial charge in [-0.05, 0) is 38.1 Å². The van der Waals surface area contributed by atoms with E-state index in [0.717, 1.165) is 11.4 Å². The van der Waals surface area contributed by atoms with Gasteiger partial charge in [-0.25, -0.2) is 0 Å². The molecule has 0 fully saturated rings. The molecule has 23 heavy (non-hydrogen) atoms. The second-order valence-corrected chi connectivity index (χ2v) is 5.17. The summed E-state index contributed by atoms with van der Waals surface area (Å²) in [6, 6.07) is 7.29. The minimum Gasteiger partial charge on any atom is -0.491 e. The quantitative estimate of drug-likeness (QED) is 0.417. The van der Waals surface area contributed by atoms with E-state index in [9.17, 15) is 0 Å². The lowest BCUT2D eigenvalue weighted by molar-refractivity contribution is -0.0134. The van der Waals surface area contributed by atoms with Gasteiger partial charge in [-0.1, -0.05) is 0 Å². The molecular weight excluding hydrogens is 298 g/mol. The lowest BCUT2D eigenvalue weighted by Crippen LogP contribution is -2.14. The van der Waals surface area contributed by atoms with Crippen LogP contribution < -0.4 is 10.5 Å². The zero-order valence-corrected chi connectivity index (χ0v) is 14.2. The van der Waals surface area contributed by atoms with E-state index >= 15 is 0 Å². The number of nitrogens with two attached hydrogens (primary N) is 1. The minimum atomic E-state index is 0.246. The van der Waals surface area contributed by atoms with Gasteiger partial charge in [0.1, 0.15) is 12.4 Å². The van der Waals surface area contributed by atoms with Gasteiger partial charge in [0, 0.05) is 5.69 Å². The fourth-order valence-corrected chi connectivity index (χ4v) is 1.67. The van der Waals surface area contributed by atoms with E-state index in [1.54, 1.807) is 12.1 Å². The average molecular weight is 327 g/mol. The zero-order valence-electron chi connectivity index (χ0n) is 14.2. The molecule has 0 aromatic heterocycles. The molecular formula is C17H29NO5. The second-order valence-electron chi connectivity index (χ2n) is 5.17. The van der Waals surface area contributed by atoms with Crippen molar-refractivity contribution in [1.29, 1.82) is 0 Å². The van der Waals surface area contributed by atoms with Crippen LogP contribution in [0.3, 0.4) is 0 Å². The van der Waals surface area contributed by atoms with Crippen molar-refractivity contribution in [2.75, 3.05) is 58.6 Å². The third-order valence-electron chi connectivity index (χ3n) is 2.80. The van der Waals surface area contributed by atoms with Gasteiger partial charge in [-0.3, -0.25) is 0 Å². The first kappa shape index (κ1) is 19.7. The van der Waals surface area contributed by atoms with E-state index in [2.05, 4.69) is 0 Å². The maximum atomic E-state index is 5.60. The molecule has 1 rings (SSSR count). The van der Waals surface area contributed by atoms with Crippen LogP contribution in [0.25, 0.3) is 0 Å². The highest BCUT2D eigenvalue weighted by Crippen LogP contribution is 2.12. The summed E-state index contributed by atoms with van der Waals surface area (Å²) in [5, 5.41) is 0. The summed E-state index contributed by atoms with van der Waals surface area (Å²) in [6.07, 6.45) is 0.246. The van der Waals surface area contributed by atoms with Gasteiger partial charge < -0.3 is 29.4 Å². The largest absolute Gasteiger partial charge is 0.491 e. The number of anilines is 1. The molecule has 0 saturated heterocycles. The molecule has 6 nitrogen and oxygen atoms in total. The third kappa shape index (κ3) is 11.8. The molecule has 6 heteroatoms. The maximum absolute atomic E-state index is 5.60. The molecule has 0 unspecified atom stereocenters. The summed E-state index contributed by atoms with van der Waals surface area (Å²) in [5.41, 5.74) is 6.32. The van der Waals surface area contributed by atoms with Crippen LogP contribution in [-0.4, -0.2) is 59.0 Å². The normalized spacial score (nSPS) is 11.1. The molecule has 0 saturated carbocycles. The Kier molecular flexibility index (Phi) is 11.3. The van der Waals surface area contributed by atoms with Crippen LogP contribution in [0.5, 0.6) is 5.75 Å². The van der Waals surface area contributed by atoms with Crippen LogP contribution in [0.1, 0.15) is 13.8 Å². The fourth-order valence-electron chi connectivity index (χ4n) is 1.67. The predicted octanol–water partition coefficient (Wildman–Crippen LogP) is 2.12. The summed E-state index contributed by atoms with van der Waals surface area (Å²) in [5.74, 6) is 0.789. The van der Waals surface area contributed by atoms with Crippen LogP contribution in [0, 0.1) is 0 Å². The van der Waals surface area contributed by atoms with E-state index < -0.39 is 0 Å². The second kappa shape index (κ2) is 13.1. The number of nitrogen functional groups attached to an aromatic ring is 1. The highest BCUT2D eigenvalue weighted by Gasteiger charge is 1.95. The molecule has 1 aromatic carbocycles. The topological polar surface area (TPSA) is 72.2 Å². The van der Waals surface area contributed by atoms with Crippen molar-refractivity contribution < 1.29 is 23.7 Å². The van der Waals surface area contributed by atoms with Crippen molar-refractivity contribution in [3.8, 4) is 5.75 Å². The fraction of sp³-hybridized carbons (Fsp3) is 0.647. The molecule has 0 atom stereocenters. The van der Waals surface area contributed by atoms with Crippen molar-refractivity contribution in [2.24, 2.45) is 0 Å². The van der Waals surface area contributed by atoms with Crippen LogP contribution >= 0.6 is 0 Å². The molecule has 0 bridgehead atoms. The smallest absolute Gasteiger partial charge is 0.119 e. The molecule has 0 amide bonds. The number of benzene rings is 1. The van der Waals surface area contributed by atoms with Crippen LogP contribution in [0.15, 0.2) is 24.3 Å². The van der Waals surface area contributed by atoms with E-state index in [1.807, 2.05) is 26.0 Å². The van der Waals surface area contributed by atoms with E-state index in [0.29, 0.717) is 52.9 Å². The Morgan fingerprint density at radius 3 is 1.74 bits per heavy atom. The molecule has 132 valence electrons. The van der Waals surface area contributed by atoms with Crippen molar-refractivity contribution in [3.63, 3.8) is 0 Å². The Labute approximate surface area is 138 Å². The molecule has 0 aliphatic carbocycles. The summed E-state index contributed by atoms with van der Waals surface area (Å²) in [7, 11) is 0. The summed E-state index contributed by atoms with van der Waals surface area (Å²) in [6.45, 7) is 8.48. The molecule has 0 radical (unpaired) electrons. The monoisotopic (exact) mass is 327 g/mol. The number of ether oxygens (including phenoxy) is 5. The first-order valence-corrected chi connectivity index (χ1v) is 8.01. The van der Waals surface area contributed by atoms with Crippen LogP contribution in [0.2, 0.25) is 0 Å². The van der Waals surface area contributed by atoms with Gasteiger partial charge >= 0.3 is 0 Å². The standard InChI is InChI=1S/C17H29NO5/c1-15(2)22-13-11-20-9-7-19-8-10-21-12-14-23-17-5-3-16(18)4-6-17/h3-6,15H,7-14,18H2,1-2H3. The number of hydrogen-bond acceptors (Lipinski definition) is 6. The summed E-state index contributed by atoms with van der Waals surface area (Å²) >= 11 is 0. The maximum Gasteiger partial charge on any atom is 0.119 e. The highest BCUT2D eigenvalue weighted by molar-refractivity contribution is 5.41. The van der Waals surface area contributed by atoms with Crippen LogP contribution in [0.4, 0.5) is 5.69 Å². The molecule has 2 N–H and O–H groups in total. The molecule has 0 heterocycles. The van der Waals surface area contributed by atoms with Crippen molar-refractivity contribution in [2.45, 2.75) is 20.0 Å². The van der Waals surface area contributed by atoms with E-state index in [1.165, 1.54) is 0 Å². The minimum absolute atomic E-state index is 0.246. The Balaban J connectivity index is 1.79. The Morgan fingerprint density at radius 2 is 1.22 bits per heavy atom. The SMILES string of the molecule is CC(C)OCCOCCOCCOCCOc1ccc(N)cc1. The molecule has 0 spiro atoms. The summed E-state index contributed by atoms with van der Waals surface area (Å²) < 4.78 is 27.0. The van der Waals surface area contributed by atoms with Crippen molar-refractivity contribution in [3.05, 3.63) is 24.3 Å². The van der Waals surface area contributed by atoms with Gasteiger partial charge in [0.25, 0.3) is 0 Å². The predicted molar refractivity (Wildman–Crippen MR) is 89.9 cm³/mol. The van der Waals surface area contributed by atoms with E-state index in [4.69, 9.17) is 29.4 Å². The van der Waals surface area contributed by atoms with Crippen molar-refractivity contribution in [1.82, 2.24) is 0 Å². The Morgan fingerprint density at radius 1 is 0.739 bits per heavy atom. The lowest BCUT2D eigenvalue weighted by Gasteiger charge is -2.09. The van der Waals surface area contributed by atoms with Gasteiger partial charge in [-0.2, -0.15) is 0 Å². The zero-order chi connectivity index (χ0) is 16.8. The Hall–Kier alpha value is -1.34. The van der Waals surface area contributed by atoms with Gasteiger partial charge in [-0.15, -0.1) is 0 Å². The molecule has 1 aromatic rings. The average Bonchev–Trinajstić information content (AvgIpc) is 2.53. The van der Waals surface area contributed by atoms with Gasteiger partial charge in [0.2, 0.25) is 0 Å². The number of hydrogen-bond donors (Lipinski definition) is 1. The van der Waals surface area contributed by atoms with Crippen molar-refractivity contribution >= 4 is 5.69 Å². The van der Waals surface area contributed by atoms with E-state index in [-0.39, 0.29) is 6.10 Å². The molecule has 0 aliphatic rings. The molecule has 0 aliphatic heterocycles. The lowest BCUT2D eigenvalue weighted by atomic mass is 10.3. The third-order valence-corrected chi connectivity index (χ3v) is 2.80. The van der Waals surface area contributed by atoms with Crippen LogP contribution in [-0.2, 0) is 18.9 Å². The Bertz CT molecular complexity index is 383. The first-order chi connectivity index (χ1) is 11.2. The summed E-state index contributed by atoms with van der Waals surface area (Å²) in [4.78, 5) is 0. The number of rotatable bonds is 14. The van der Waals surface area contributed by atoms with Gasteiger partial charge in [0.05, 0.1) is 52.4 Å². The van der Waals surface area contributed by atoms with Gasteiger partial charge in [0.15, 0.2) is 0 Å².